The van der Waals surface area contributed by atoms with Gasteiger partial charge in [0.2, 0.25) is 0 Å². The molecule has 0 spiro atoms. The normalized spacial score (nSPS) is 12.2. The van der Waals surface area contributed by atoms with Crippen LogP contribution < -0.4 is 4.90 Å². The standard InChI is InChI=1S/C16H18FNO/c1-12(19)16-14(17)9-6-10-15(16)18(2)11-13-7-4-3-5-8-13/h3-10,12,19H,11H2,1-2H3/t12-/m0/s1. The average molecular weight is 259 g/mol. The first-order valence-electron chi connectivity index (χ1n) is 6.31. The Hall–Kier alpha value is -1.87. The van der Waals surface area contributed by atoms with Crippen LogP contribution >= 0.6 is 0 Å². The van der Waals surface area contributed by atoms with Crippen molar-refractivity contribution in [1.29, 1.82) is 0 Å². The lowest BCUT2D eigenvalue weighted by atomic mass is 10.1. The number of aliphatic hydroxyl groups is 1. The predicted molar refractivity (Wildman–Crippen MR) is 75.6 cm³/mol. The number of aliphatic hydroxyl groups excluding tert-OH is 1. The molecular formula is C16H18FNO. The van der Waals surface area contributed by atoms with Crippen LogP contribution in [0.1, 0.15) is 24.2 Å². The van der Waals surface area contributed by atoms with Gasteiger partial charge in [-0.05, 0) is 24.6 Å². The monoisotopic (exact) mass is 259 g/mol. The minimum Gasteiger partial charge on any atom is -0.389 e. The summed E-state index contributed by atoms with van der Waals surface area (Å²) in [5.41, 5.74) is 2.21. The van der Waals surface area contributed by atoms with Gasteiger partial charge in [0.25, 0.3) is 0 Å². The zero-order valence-corrected chi connectivity index (χ0v) is 11.2. The molecule has 0 unspecified atom stereocenters. The highest BCUT2D eigenvalue weighted by atomic mass is 19.1. The molecule has 100 valence electrons. The summed E-state index contributed by atoms with van der Waals surface area (Å²) in [5.74, 6) is -0.368. The van der Waals surface area contributed by atoms with E-state index in [1.54, 1.807) is 13.0 Å². The molecule has 19 heavy (non-hydrogen) atoms. The summed E-state index contributed by atoms with van der Waals surface area (Å²) in [6.45, 7) is 2.25. The van der Waals surface area contributed by atoms with E-state index in [1.807, 2.05) is 48.3 Å². The van der Waals surface area contributed by atoms with E-state index in [0.29, 0.717) is 12.1 Å². The van der Waals surface area contributed by atoms with E-state index in [4.69, 9.17) is 0 Å². The molecule has 0 saturated carbocycles. The van der Waals surface area contributed by atoms with Crippen LogP contribution in [0.3, 0.4) is 0 Å². The number of rotatable bonds is 4. The molecule has 0 radical (unpaired) electrons. The van der Waals surface area contributed by atoms with E-state index < -0.39 is 6.10 Å². The highest BCUT2D eigenvalue weighted by molar-refractivity contribution is 5.55. The SMILES string of the molecule is C[C@H](O)c1c(F)cccc1N(C)Cc1ccccc1. The topological polar surface area (TPSA) is 23.5 Å². The first kappa shape index (κ1) is 13.6. The molecule has 1 N–H and O–H groups in total. The van der Waals surface area contributed by atoms with Gasteiger partial charge >= 0.3 is 0 Å². The van der Waals surface area contributed by atoms with Crippen molar-refractivity contribution >= 4 is 5.69 Å². The van der Waals surface area contributed by atoms with Gasteiger partial charge in [0.1, 0.15) is 5.82 Å². The summed E-state index contributed by atoms with van der Waals surface area (Å²) in [5, 5.41) is 9.73. The van der Waals surface area contributed by atoms with Crippen molar-refractivity contribution in [3.8, 4) is 0 Å². The van der Waals surface area contributed by atoms with Crippen LogP contribution in [0.4, 0.5) is 10.1 Å². The van der Waals surface area contributed by atoms with E-state index in [2.05, 4.69) is 0 Å². The minimum absolute atomic E-state index is 0.348. The molecule has 0 aliphatic heterocycles. The smallest absolute Gasteiger partial charge is 0.131 e. The Kier molecular flexibility index (Phi) is 4.17. The van der Waals surface area contributed by atoms with Crippen LogP contribution in [0, 0.1) is 5.82 Å². The Morgan fingerprint density at radius 1 is 1.11 bits per heavy atom. The lowest BCUT2D eigenvalue weighted by molar-refractivity contribution is 0.194. The predicted octanol–water partition coefficient (Wildman–Crippen LogP) is 3.52. The molecule has 0 bridgehead atoms. The third-order valence-electron chi connectivity index (χ3n) is 3.12. The fourth-order valence-corrected chi connectivity index (χ4v) is 2.21. The van der Waals surface area contributed by atoms with Crippen molar-refractivity contribution < 1.29 is 9.50 Å². The number of hydrogen-bond acceptors (Lipinski definition) is 2. The Balaban J connectivity index is 2.29. The van der Waals surface area contributed by atoms with Gasteiger partial charge in [-0.2, -0.15) is 0 Å². The molecule has 0 amide bonds. The number of anilines is 1. The molecule has 0 fully saturated rings. The molecule has 0 aliphatic carbocycles. The average Bonchev–Trinajstić information content (AvgIpc) is 2.39. The molecule has 2 aromatic rings. The van der Waals surface area contributed by atoms with Gasteiger partial charge in [0.15, 0.2) is 0 Å². The first-order valence-corrected chi connectivity index (χ1v) is 6.31. The molecule has 0 aliphatic rings. The van der Waals surface area contributed by atoms with Crippen LogP contribution in [-0.2, 0) is 6.54 Å². The third-order valence-corrected chi connectivity index (χ3v) is 3.12. The first-order chi connectivity index (χ1) is 9.09. The molecule has 0 heterocycles. The zero-order chi connectivity index (χ0) is 13.8. The summed E-state index contributed by atoms with van der Waals surface area (Å²) < 4.78 is 13.8. The van der Waals surface area contributed by atoms with Crippen molar-refractivity contribution in [1.82, 2.24) is 0 Å². The summed E-state index contributed by atoms with van der Waals surface area (Å²) in [6.07, 6.45) is -0.825. The van der Waals surface area contributed by atoms with Gasteiger partial charge < -0.3 is 10.0 Å². The van der Waals surface area contributed by atoms with Gasteiger partial charge in [-0.1, -0.05) is 36.4 Å². The van der Waals surface area contributed by atoms with Crippen LogP contribution in [0.5, 0.6) is 0 Å². The van der Waals surface area contributed by atoms with E-state index in [0.717, 1.165) is 11.3 Å². The molecule has 2 nitrogen and oxygen atoms in total. The summed E-state index contributed by atoms with van der Waals surface area (Å²) in [4.78, 5) is 1.94. The maximum atomic E-state index is 13.8. The Morgan fingerprint density at radius 3 is 2.42 bits per heavy atom. The van der Waals surface area contributed by atoms with Crippen LogP contribution in [-0.4, -0.2) is 12.2 Å². The van der Waals surface area contributed by atoms with Gasteiger partial charge in [-0.25, -0.2) is 4.39 Å². The van der Waals surface area contributed by atoms with Crippen molar-refractivity contribution in [2.24, 2.45) is 0 Å². The zero-order valence-electron chi connectivity index (χ0n) is 11.2. The van der Waals surface area contributed by atoms with Gasteiger partial charge in [-0.3, -0.25) is 0 Å². The Morgan fingerprint density at radius 2 is 1.79 bits per heavy atom. The summed E-state index contributed by atoms with van der Waals surface area (Å²) in [7, 11) is 1.90. The highest BCUT2D eigenvalue weighted by Gasteiger charge is 2.16. The highest BCUT2D eigenvalue weighted by Crippen LogP contribution is 2.29. The van der Waals surface area contributed by atoms with Crippen molar-refractivity contribution in [3.05, 3.63) is 65.5 Å². The van der Waals surface area contributed by atoms with Gasteiger partial charge in [0.05, 0.1) is 6.10 Å². The molecule has 3 heteroatoms. The minimum atomic E-state index is -0.825. The van der Waals surface area contributed by atoms with E-state index >= 15 is 0 Å². The lowest BCUT2D eigenvalue weighted by Crippen LogP contribution is -2.19. The van der Waals surface area contributed by atoms with Crippen molar-refractivity contribution in [3.63, 3.8) is 0 Å². The second-order valence-corrected chi connectivity index (χ2v) is 4.69. The Labute approximate surface area is 113 Å². The van der Waals surface area contributed by atoms with Crippen molar-refractivity contribution in [2.75, 3.05) is 11.9 Å². The summed E-state index contributed by atoms with van der Waals surface area (Å²) >= 11 is 0. The molecule has 0 saturated heterocycles. The Bertz CT molecular complexity index is 540. The van der Waals surface area contributed by atoms with Crippen LogP contribution in [0.15, 0.2) is 48.5 Å². The number of halogens is 1. The summed E-state index contributed by atoms with van der Waals surface area (Å²) in [6, 6.07) is 14.8. The largest absolute Gasteiger partial charge is 0.389 e. The maximum absolute atomic E-state index is 13.8. The van der Waals surface area contributed by atoms with Crippen LogP contribution in [0.25, 0.3) is 0 Å². The molecule has 2 rings (SSSR count). The van der Waals surface area contributed by atoms with Crippen LogP contribution in [0.2, 0.25) is 0 Å². The second kappa shape index (κ2) is 5.85. The number of nitrogens with zero attached hydrogens (tertiary/aromatic N) is 1. The van der Waals surface area contributed by atoms with E-state index in [1.165, 1.54) is 6.07 Å². The second-order valence-electron chi connectivity index (χ2n) is 4.69. The number of benzene rings is 2. The van der Waals surface area contributed by atoms with E-state index in [-0.39, 0.29) is 5.82 Å². The van der Waals surface area contributed by atoms with Gasteiger partial charge in [0, 0.05) is 24.8 Å². The molecule has 2 aromatic carbocycles. The third kappa shape index (κ3) is 3.12. The van der Waals surface area contributed by atoms with Crippen molar-refractivity contribution in [2.45, 2.75) is 19.6 Å². The van der Waals surface area contributed by atoms with E-state index in [9.17, 15) is 9.50 Å². The quantitative estimate of drug-likeness (QED) is 0.908. The fourth-order valence-electron chi connectivity index (χ4n) is 2.21. The fraction of sp³-hybridized carbons (Fsp3) is 0.250. The molecule has 0 aromatic heterocycles. The lowest BCUT2D eigenvalue weighted by Gasteiger charge is -2.24. The molecule has 1 atom stereocenters. The van der Waals surface area contributed by atoms with Gasteiger partial charge in [-0.15, -0.1) is 0 Å². The molecular weight excluding hydrogens is 241 g/mol. The number of hydrogen-bond donors (Lipinski definition) is 1. The maximum Gasteiger partial charge on any atom is 0.131 e.